The number of hydrogen-bond donors (Lipinski definition) is 2. The number of rotatable bonds is 4. The second-order valence-electron chi connectivity index (χ2n) is 5.48. The Balaban J connectivity index is 1.75. The molecule has 2 N–H and O–H groups in total. The molecule has 0 saturated carbocycles. The number of pyridine rings is 1. The van der Waals surface area contributed by atoms with Crippen LogP contribution in [0.1, 0.15) is 16.1 Å². The Morgan fingerprint density at radius 1 is 1.00 bits per heavy atom. The quantitative estimate of drug-likeness (QED) is 0.678. The minimum absolute atomic E-state index is 0.243. The summed E-state index contributed by atoms with van der Waals surface area (Å²) in [6.45, 7) is 1.93. The summed E-state index contributed by atoms with van der Waals surface area (Å²) in [6, 6.07) is 14.6. The average molecular weight is 356 g/mol. The summed E-state index contributed by atoms with van der Waals surface area (Å²) in [5, 5.41) is 6.52. The Morgan fingerprint density at radius 3 is 2.40 bits per heavy atom. The van der Waals surface area contributed by atoms with Crippen LogP contribution in [0.4, 0.5) is 21.5 Å². The number of amides is 1. The summed E-state index contributed by atoms with van der Waals surface area (Å²) in [5.41, 5.74) is 3.25. The number of nitrogens with zero attached hydrogens (tertiary/aromatic N) is 1. The highest BCUT2D eigenvalue weighted by Gasteiger charge is 2.09. The fourth-order valence-corrected chi connectivity index (χ4v) is 2.38. The molecule has 0 saturated heterocycles. The summed E-state index contributed by atoms with van der Waals surface area (Å²) in [4.78, 5) is 16.4. The number of carbonyl (C=O) groups is 1. The Labute approximate surface area is 149 Å². The van der Waals surface area contributed by atoms with Crippen molar-refractivity contribution in [2.75, 3.05) is 10.6 Å². The first-order valence-corrected chi connectivity index (χ1v) is 7.95. The molecule has 25 heavy (non-hydrogen) atoms. The third-order valence-electron chi connectivity index (χ3n) is 3.56. The summed E-state index contributed by atoms with van der Waals surface area (Å²) >= 11 is 6.12. The molecule has 0 aliphatic heterocycles. The lowest BCUT2D eigenvalue weighted by Crippen LogP contribution is -2.13. The van der Waals surface area contributed by atoms with E-state index in [4.69, 9.17) is 11.6 Å². The summed E-state index contributed by atoms with van der Waals surface area (Å²) in [6.07, 6.45) is 1.54. The van der Waals surface area contributed by atoms with Gasteiger partial charge in [0, 0.05) is 28.3 Å². The van der Waals surface area contributed by atoms with E-state index in [-0.39, 0.29) is 17.4 Å². The van der Waals surface area contributed by atoms with Gasteiger partial charge in [-0.25, -0.2) is 4.39 Å². The largest absolute Gasteiger partial charge is 0.355 e. The van der Waals surface area contributed by atoms with Gasteiger partial charge in [-0.1, -0.05) is 17.7 Å². The zero-order valence-corrected chi connectivity index (χ0v) is 14.1. The minimum Gasteiger partial charge on any atom is -0.355 e. The number of aryl methyl sites for hydroxylation is 1. The van der Waals surface area contributed by atoms with E-state index in [1.54, 1.807) is 12.1 Å². The molecule has 1 amide bonds. The van der Waals surface area contributed by atoms with Gasteiger partial charge in [-0.2, -0.15) is 0 Å². The predicted molar refractivity (Wildman–Crippen MR) is 98.1 cm³/mol. The molecule has 2 aromatic carbocycles. The van der Waals surface area contributed by atoms with Crippen LogP contribution in [0, 0.1) is 12.7 Å². The Hall–Kier alpha value is -2.92. The van der Waals surface area contributed by atoms with Crippen molar-refractivity contribution in [1.29, 1.82) is 0 Å². The number of hydrogen-bond acceptors (Lipinski definition) is 3. The molecule has 6 heteroatoms. The number of carbonyl (C=O) groups excluding carboxylic acids is 1. The maximum Gasteiger partial charge on any atom is 0.274 e. The van der Waals surface area contributed by atoms with Crippen LogP contribution in [-0.4, -0.2) is 10.9 Å². The molecule has 1 aromatic heterocycles. The van der Waals surface area contributed by atoms with E-state index < -0.39 is 0 Å². The molecular formula is C19H15ClFN3O. The van der Waals surface area contributed by atoms with E-state index in [9.17, 15) is 9.18 Å². The SMILES string of the molecule is Cc1ccc(Nc2ccnc(C(=O)Nc3ccc(F)cc3)c2)cc1Cl. The average Bonchev–Trinajstić information content (AvgIpc) is 2.60. The molecule has 0 bridgehead atoms. The highest BCUT2D eigenvalue weighted by Crippen LogP contribution is 2.23. The van der Waals surface area contributed by atoms with Crippen molar-refractivity contribution < 1.29 is 9.18 Å². The van der Waals surface area contributed by atoms with Crippen LogP contribution in [0.3, 0.4) is 0 Å². The highest BCUT2D eigenvalue weighted by atomic mass is 35.5. The molecule has 126 valence electrons. The van der Waals surface area contributed by atoms with Crippen LogP contribution in [0.15, 0.2) is 60.8 Å². The van der Waals surface area contributed by atoms with Crippen molar-refractivity contribution in [3.63, 3.8) is 0 Å². The van der Waals surface area contributed by atoms with Crippen LogP contribution >= 0.6 is 11.6 Å². The first kappa shape index (κ1) is 16.9. The van der Waals surface area contributed by atoms with E-state index >= 15 is 0 Å². The van der Waals surface area contributed by atoms with Gasteiger partial charge in [0.25, 0.3) is 5.91 Å². The zero-order chi connectivity index (χ0) is 17.8. The topological polar surface area (TPSA) is 54.0 Å². The smallest absolute Gasteiger partial charge is 0.274 e. The molecule has 0 radical (unpaired) electrons. The van der Waals surface area contributed by atoms with Gasteiger partial charge in [0.05, 0.1) is 0 Å². The summed E-state index contributed by atoms with van der Waals surface area (Å²) in [7, 11) is 0. The van der Waals surface area contributed by atoms with Crippen LogP contribution < -0.4 is 10.6 Å². The molecule has 3 rings (SSSR count). The van der Waals surface area contributed by atoms with Gasteiger partial charge in [0.1, 0.15) is 11.5 Å². The van der Waals surface area contributed by atoms with Gasteiger partial charge in [-0.3, -0.25) is 9.78 Å². The molecule has 0 spiro atoms. The van der Waals surface area contributed by atoms with Crippen LogP contribution in [-0.2, 0) is 0 Å². The normalized spacial score (nSPS) is 10.4. The lowest BCUT2D eigenvalue weighted by Gasteiger charge is -2.09. The zero-order valence-electron chi connectivity index (χ0n) is 13.4. The number of nitrogens with one attached hydrogen (secondary N) is 2. The molecule has 4 nitrogen and oxygen atoms in total. The van der Waals surface area contributed by atoms with Gasteiger partial charge in [-0.05, 0) is 61.0 Å². The number of aromatic nitrogens is 1. The van der Waals surface area contributed by atoms with E-state index in [0.29, 0.717) is 16.4 Å². The second-order valence-corrected chi connectivity index (χ2v) is 5.89. The van der Waals surface area contributed by atoms with E-state index in [1.165, 1.54) is 30.5 Å². The predicted octanol–water partition coefficient (Wildman–Crippen LogP) is 5.18. The second kappa shape index (κ2) is 7.32. The highest BCUT2D eigenvalue weighted by molar-refractivity contribution is 6.31. The Kier molecular flexibility index (Phi) is 4.95. The minimum atomic E-state index is -0.378. The monoisotopic (exact) mass is 355 g/mol. The van der Waals surface area contributed by atoms with Crippen molar-refractivity contribution in [1.82, 2.24) is 4.98 Å². The number of halogens is 2. The third-order valence-corrected chi connectivity index (χ3v) is 3.96. The Bertz CT molecular complexity index is 913. The van der Waals surface area contributed by atoms with E-state index in [1.807, 2.05) is 25.1 Å². The molecule has 0 aliphatic rings. The molecular weight excluding hydrogens is 341 g/mol. The molecule has 0 aliphatic carbocycles. The van der Waals surface area contributed by atoms with Crippen molar-refractivity contribution in [3.05, 3.63) is 82.9 Å². The van der Waals surface area contributed by atoms with Gasteiger partial charge < -0.3 is 10.6 Å². The van der Waals surface area contributed by atoms with Crippen molar-refractivity contribution in [3.8, 4) is 0 Å². The van der Waals surface area contributed by atoms with Gasteiger partial charge in [0.2, 0.25) is 0 Å². The van der Waals surface area contributed by atoms with Crippen molar-refractivity contribution >= 4 is 34.6 Å². The molecule has 0 atom stereocenters. The van der Waals surface area contributed by atoms with Crippen molar-refractivity contribution in [2.45, 2.75) is 6.92 Å². The van der Waals surface area contributed by atoms with Crippen LogP contribution in [0.2, 0.25) is 5.02 Å². The van der Waals surface area contributed by atoms with E-state index in [2.05, 4.69) is 15.6 Å². The maximum atomic E-state index is 12.9. The van der Waals surface area contributed by atoms with E-state index in [0.717, 1.165) is 11.3 Å². The number of anilines is 3. The lowest BCUT2D eigenvalue weighted by molar-refractivity contribution is 0.102. The fourth-order valence-electron chi connectivity index (χ4n) is 2.20. The fraction of sp³-hybridized carbons (Fsp3) is 0.0526. The molecule has 0 fully saturated rings. The standard InChI is InChI=1S/C19H15ClFN3O/c1-12-2-5-15(10-17(12)20)23-16-8-9-22-18(11-16)19(25)24-14-6-3-13(21)4-7-14/h2-11H,1H3,(H,22,23)(H,24,25). The third kappa shape index (κ3) is 4.33. The van der Waals surface area contributed by atoms with Gasteiger partial charge in [-0.15, -0.1) is 0 Å². The van der Waals surface area contributed by atoms with Gasteiger partial charge >= 0.3 is 0 Å². The lowest BCUT2D eigenvalue weighted by atomic mass is 10.2. The van der Waals surface area contributed by atoms with Crippen LogP contribution in [0.25, 0.3) is 0 Å². The van der Waals surface area contributed by atoms with Crippen LogP contribution in [0.5, 0.6) is 0 Å². The summed E-state index contributed by atoms with van der Waals surface area (Å²) in [5.74, 6) is -0.740. The first-order chi connectivity index (χ1) is 12.0. The maximum absolute atomic E-state index is 12.9. The number of benzene rings is 2. The first-order valence-electron chi connectivity index (χ1n) is 7.57. The summed E-state index contributed by atoms with van der Waals surface area (Å²) < 4.78 is 12.9. The molecule has 3 aromatic rings. The molecule has 1 heterocycles. The molecule has 0 unspecified atom stereocenters. The van der Waals surface area contributed by atoms with Gasteiger partial charge in [0.15, 0.2) is 0 Å². The van der Waals surface area contributed by atoms with Crippen molar-refractivity contribution in [2.24, 2.45) is 0 Å². The Morgan fingerprint density at radius 2 is 1.68 bits per heavy atom.